The van der Waals surface area contributed by atoms with Gasteiger partial charge in [-0.2, -0.15) is 5.10 Å². The second-order valence-electron chi connectivity index (χ2n) is 6.84. The van der Waals surface area contributed by atoms with Crippen molar-refractivity contribution in [3.63, 3.8) is 0 Å². The smallest absolute Gasteiger partial charge is 0.338 e. The molecule has 4 rings (SSSR count). The van der Waals surface area contributed by atoms with Crippen LogP contribution in [0.4, 0.5) is 0 Å². The molecule has 8 nitrogen and oxygen atoms in total. The first-order chi connectivity index (χ1) is 14.4. The van der Waals surface area contributed by atoms with Crippen LogP contribution in [0.2, 0.25) is 0 Å². The molecule has 0 saturated heterocycles. The largest absolute Gasteiger partial charge is 0.508 e. The van der Waals surface area contributed by atoms with Crippen molar-refractivity contribution in [3.8, 4) is 5.75 Å². The van der Waals surface area contributed by atoms with Crippen LogP contribution in [-0.4, -0.2) is 32.0 Å². The molecular formula is C21H20N4O4S. The quantitative estimate of drug-likeness (QED) is 0.636. The van der Waals surface area contributed by atoms with Crippen LogP contribution in [0.3, 0.4) is 0 Å². The van der Waals surface area contributed by atoms with Crippen molar-refractivity contribution >= 4 is 23.4 Å². The van der Waals surface area contributed by atoms with Gasteiger partial charge in [0.05, 0.1) is 34.6 Å². The van der Waals surface area contributed by atoms with E-state index in [-0.39, 0.29) is 17.9 Å². The number of rotatable bonds is 4. The average Bonchev–Trinajstić information content (AvgIpc) is 3.24. The molecule has 1 atom stereocenters. The molecule has 2 aromatic heterocycles. The molecule has 0 radical (unpaired) electrons. The summed E-state index contributed by atoms with van der Waals surface area (Å²) in [6, 6.07) is 5.74. The highest BCUT2D eigenvalue weighted by atomic mass is 32.1. The standard InChI is InChI=1S/C21H20N4O4S/c1-4-29-20(28)17-12(2)23-21-25(18(17)14-5-7-15(26)8-6-14)19(27)16(30-21)9-13-10-22-24(3)11-13/h5-11,18,26H,4H2,1-3H3. The lowest BCUT2D eigenvalue weighted by Gasteiger charge is -2.24. The minimum atomic E-state index is -0.697. The monoisotopic (exact) mass is 424 g/mol. The van der Waals surface area contributed by atoms with Crippen molar-refractivity contribution in [2.24, 2.45) is 12.0 Å². The van der Waals surface area contributed by atoms with Crippen molar-refractivity contribution in [3.05, 3.63) is 78.7 Å². The number of nitrogens with zero attached hydrogens (tertiary/aromatic N) is 4. The van der Waals surface area contributed by atoms with Gasteiger partial charge in [-0.15, -0.1) is 0 Å². The summed E-state index contributed by atoms with van der Waals surface area (Å²) in [6.07, 6.45) is 5.24. The third-order valence-electron chi connectivity index (χ3n) is 4.75. The summed E-state index contributed by atoms with van der Waals surface area (Å²) in [6.45, 7) is 3.67. The molecule has 1 unspecified atom stereocenters. The molecule has 0 spiro atoms. The van der Waals surface area contributed by atoms with Gasteiger partial charge in [0.25, 0.3) is 5.56 Å². The predicted molar refractivity (Wildman–Crippen MR) is 112 cm³/mol. The Balaban J connectivity index is 1.96. The maximum Gasteiger partial charge on any atom is 0.338 e. The van der Waals surface area contributed by atoms with Gasteiger partial charge >= 0.3 is 5.97 Å². The van der Waals surface area contributed by atoms with Crippen LogP contribution in [-0.2, 0) is 16.6 Å². The third kappa shape index (κ3) is 3.48. The van der Waals surface area contributed by atoms with E-state index in [0.29, 0.717) is 26.2 Å². The lowest BCUT2D eigenvalue weighted by atomic mass is 9.96. The van der Waals surface area contributed by atoms with Crippen LogP contribution in [0, 0.1) is 0 Å². The van der Waals surface area contributed by atoms with Crippen LogP contribution in [0.5, 0.6) is 5.75 Å². The highest BCUT2D eigenvalue weighted by Gasteiger charge is 2.33. The maximum atomic E-state index is 13.3. The van der Waals surface area contributed by atoms with Crippen LogP contribution >= 0.6 is 11.3 Å². The zero-order chi connectivity index (χ0) is 21.4. The molecule has 1 aliphatic rings. The van der Waals surface area contributed by atoms with E-state index in [0.717, 1.165) is 5.56 Å². The number of hydrogen-bond acceptors (Lipinski definition) is 7. The summed E-state index contributed by atoms with van der Waals surface area (Å²) >= 11 is 1.25. The maximum absolute atomic E-state index is 13.3. The average molecular weight is 424 g/mol. The highest BCUT2D eigenvalue weighted by Crippen LogP contribution is 2.31. The number of hydrogen-bond donors (Lipinski definition) is 1. The fraction of sp³-hybridized carbons (Fsp3) is 0.238. The van der Waals surface area contributed by atoms with E-state index in [1.165, 1.54) is 28.0 Å². The Hall–Kier alpha value is -3.46. The molecule has 3 heterocycles. The minimum Gasteiger partial charge on any atom is -0.508 e. The number of fused-ring (bicyclic) bond motifs is 1. The Labute approximate surface area is 175 Å². The number of phenolic OH excluding ortho intramolecular Hbond substituents is 1. The van der Waals surface area contributed by atoms with Crippen LogP contribution < -0.4 is 14.9 Å². The molecule has 0 fully saturated rings. The topological polar surface area (TPSA) is 98.7 Å². The van der Waals surface area contributed by atoms with Crippen molar-refractivity contribution < 1.29 is 14.6 Å². The molecule has 1 aromatic carbocycles. The Morgan fingerprint density at radius 1 is 1.33 bits per heavy atom. The summed E-state index contributed by atoms with van der Waals surface area (Å²) in [5.41, 5.74) is 2.03. The number of aromatic nitrogens is 3. The molecular weight excluding hydrogens is 404 g/mol. The first kappa shape index (κ1) is 19.8. The molecule has 30 heavy (non-hydrogen) atoms. The fourth-order valence-electron chi connectivity index (χ4n) is 3.43. The zero-order valence-corrected chi connectivity index (χ0v) is 17.5. The predicted octanol–water partition coefficient (Wildman–Crippen LogP) is 1.24. The van der Waals surface area contributed by atoms with Crippen molar-refractivity contribution in [2.45, 2.75) is 19.9 Å². The number of aryl methyl sites for hydroxylation is 1. The van der Waals surface area contributed by atoms with Crippen LogP contribution in [0.15, 0.2) is 57.7 Å². The van der Waals surface area contributed by atoms with E-state index in [4.69, 9.17) is 4.74 Å². The van der Waals surface area contributed by atoms with Crippen molar-refractivity contribution in [1.29, 1.82) is 0 Å². The van der Waals surface area contributed by atoms with Gasteiger partial charge < -0.3 is 9.84 Å². The van der Waals surface area contributed by atoms with Crippen LogP contribution in [0.1, 0.15) is 31.0 Å². The molecule has 0 saturated carbocycles. The van der Waals surface area contributed by atoms with Gasteiger partial charge in [0.2, 0.25) is 0 Å². The molecule has 0 amide bonds. The number of carbonyl (C=O) groups is 1. The first-order valence-electron chi connectivity index (χ1n) is 9.36. The number of esters is 1. The molecule has 1 aliphatic heterocycles. The van der Waals surface area contributed by atoms with Gasteiger partial charge in [-0.25, -0.2) is 9.79 Å². The number of thiazole rings is 1. The van der Waals surface area contributed by atoms with Gasteiger partial charge in [0.15, 0.2) is 4.80 Å². The Kier molecular flexibility index (Phi) is 5.13. The molecule has 0 aliphatic carbocycles. The van der Waals surface area contributed by atoms with Gasteiger partial charge in [-0.1, -0.05) is 23.5 Å². The van der Waals surface area contributed by atoms with Crippen molar-refractivity contribution in [1.82, 2.24) is 14.3 Å². The SMILES string of the molecule is CCOC(=O)C1=C(C)N=c2sc(=Cc3cnn(C)c3)c(=O)n2C1c1ccc(O)cc1. The summed E-state index contributed by atoms with van der Waals surface area (Å²) in [4.78, 5) is 31.1. The van der Waals surface area contributed by atoms with Crippen LogP contribution in [0.25, 0.3) is 6.08 Å². The van der Waals surface area contributed by atoms with E-state index >= 15 is 0 Å². The number of aromatic hydroxyl groups is 1. The lowest BCUT2D eigenvalue weighted by molar-refractivity contribution is -0.139. The second-order valence-corrected chi connectivity index (χ2v) is 7.85. The van der Waals surface area contributed by atoms with Gasteiger partial charge in [0.1, 0.15) is 5.75 Å². The Morgan fingerprint density at radius 2 is 2.07 bits per heavy atom. The number of ether oxygens (including phenoxy) is 1. The third-order valence-corrected chi connectivity index (χ3v) is 5.73. The fourth-order valence-corrected chi connectivity index (χ4v) is 4.48. The molecule has 9 heteroatoms. The number of allylic oxidation sites excluding steroid dienone is 1. The number of benzene rings is 1. The lowest BCUT2D eigenvalue weighted by Crippen LogP contribution is -2.39. The zero-order valence-electron chi connectivity index (χ0n) is 16.7. The first-order valence-corrected chi connectivity index (χ1v) is 10.2. The summed E-state index contributed by atoms with van der Waals surface area (Å²) in [7, 11) is 1.80. The van der Waals surface area contributed by atoms with Gasteiger partial charge in [-0.3, -0.25) is 14.0 Å². The molecule has 3 aromatic rings. The minimum absolute atomic E-state index is 0.0983. The summed E-state index contributed by atoms with van der Waals surface area (Å²) in [5.74, 6) is -0.417. The molecule has 154 valence electrons. The second kappa shape index (κ2) is 7.75. The molecule has 0 bridgehead atoms. The van der Waals surface area contributed by atoms with Gasteiger partial charge in [0, 0.05) is 18.8 Å². The summed E-state index contributed by atoms with van der Waals surface area (Å²) < 4.78 is 8.91. The van der Waals surface area contributed by atoms with E-state index in [9.17, 15) is 14.7 Å². The highest BCUT2D eigenvalue weighted by molar-refractivity contribution is 7.07. The van der Waals surface area contributed by atoms with E-state index in [1.54, 1.807) is 50.0 Å². The Bertz CT molecular complexity index is 1330. The number of phenols is 1. The normalized spacial score (nSPS) is 16.4. The summed E-state index contributed by atoms with van der Waals surface area (Å²) in [5, 5.41) is 13.8. The Morgan fingerprint density at radius 3 is 2.70 bits per heavy atom. The van der Waals surface area contributed by atoms with E-state index < -0.39 is 12.0 Å². The molecule has 1 N–H and O–H groups in total. The van der Waals surface area contributed by atoms with E-state index in [2.05, 4.69) is 10.1 Å². The van der Waals surface area contributed by atoms with Crippen molar-refractivity contribution in [2.75, 3.05) is 6.61 Å². The van der Waals surface area contributed by atoms with E-state index in [1.807, 2.05) is 6.20 Å². The van der Waals surface area contributed by atoms with Gasteiger partial charge in [-0.05, 0) is 37.6 Å². The number of carbonyl (C=O) groups excluding carboxylic acids is 1.